The minimum Gasteiger partial charge on any atom is -0.382 e. The van der Waals surface area contributed by atoms with Crippen LogP contribution in [-0.2, 0) is 39.6 Å². The van der Waals surface area contributed by atoms with E-state index in [0.717, 1.165) is 16.7 Å². The minimum atomic E-state index is -1.73. The van der Waals surface area contributed by atoms with E-state index in [1.165, 1.54) is 6.33 Å². The number of anilines is 1. The maximum Gasteiger partial charge on any atom is 0.216 e. The highest BCUT2D eigenvalue weighted by molar-refractivity contribution is 5.65. The van der Waals surface area contributed by atoms with Crippen LogP contribution in [0.15, 0.2) is 109 Å². The van der Waals surface area contributed by atoms with Crippen LogP contribution in [0.4, 0.5) is 5.82 Å². The van der Waals surface area contributed by atoms with Crippen LogP contribution in [0, 0.1) is 5.92 Å². The van der Waals surface area contributed by atoms with Gasteiger partial charge in [-0.05, 0) is 35.2 Å². The molecule has 5 aromatic rings. The second-order valence-electron chi connectivity index (χ2n) is 10.1. The van der Waals surface area contributed by atoms with Gasteiger partial charge in [-0.1, -0.05) is 91.0 Å². The molecular formula is C32H32N4O4. The van der Waals surface area contributed by atoms with Crippen LogP contribution in [0.3, 0.4) is 0 Å². The average molecular weight is 537 g/mol. The molecule has 3 heterocycles. The van der Waals surface area contributed by atoms with E-state index in [0.29, 0.717) is 36.7 Å². The number of nitrogens with two attached hydrogens (primary N) is 1. The third kappa shape index (κ3) is 5.35. The van der Waals surface area contributed by atoms with Crippen LogP contribution in [-0.4, -0.2) is 38.5 Å². The molecule has 0 aliphatic carbocycles. The Morgan fingerprint density at radius 1 is 0.825 bits per heavy atom. The van der Waals surface area contributed by atoms with Crippen LogP contribution in [0.2, 0.25) is 0 Å². The maximum atomic E-state index is 12.4. The molecule has 3 aromatic carbocycles. The van der Waals surface area contributed by atoms with Crippen LogP contribution < -0.4 is 5.73 Å². The van der Waals surface area contributed by atoms with Crippen molar-refractivity contribution < 1.29 is 19.3 Å². The van der Waals surface area contributed by atoms with Gasteiger partial charge in [-0.25, -0.2) is 9.50 Å². The summed E-state index contributed by atoms with van der Waals surface area (Å²) < 4.78 is 20.9. The zero-order valence-electron chi connectivity index (χ0n) is 22.0. The van der Waals surface area contributed by atoms with E-state index >= 15 is 0 Å². The molecule has 0 amide bonds. The number of aromatic nitrogens is 3. The number of hydrogen-bond donors (Lipinski definition) is 2. The molecular weight excluding hydrogens is 504 g/mol. The first-order valence-electron chi connectivity index (χ1n) is 13.4. The number of aliphatic hydroxyl groups is 1. The molecule has 2 aromatic heterocycles. The fraction of sp³-hybridized carbons (Fsp3) is 0.250. The summed E-state index contributed by atoms with van der Waals surface area (Å²) in [5.74, 6) is -1.88. The first-order valence-corrected chi connectivity index (χ1v) is 13.4. The first-order chi connectivity index (χ1) is 19.6. The Bertz CT molecular complexity index is 1530. The highest BCUT2D eigenvalue weighted by atomic mass is 16.7. The van der Waals surface area contributed by atoms with E-state index in [9.17, 15) is 5.11 Å². The van der Waals surface area contributed by atoms with Crippen molar-refractivity contribution in [3.8, 4) is 0 Å². The molecule has 204 valence electrons. The molecule has 8 heteroatoms. The Hall–Kier alpha value is -4.08. The summed E-state index contributed by atoms with van der Waals surface area (Å²) in [5.41, 5.74) is 10.3. The number of nitrogen functional groups attached to an aromatic ring is 1. The number of rotatable bonds is 10. The van der Waals surface area contributed by atoms with Gasteiger partial charge < -0.3 is 25.1 Å². The lowest BCUT2D eigenvalue weighted by Gasteiger charge is -2.30. The molecule has 40 heavy (non-hydrogen) atoms. The van der Waals surface area contributed by atoms with Gasteiger partial charge in [-0.2, -0.15) is 5.10 Å². The van der Waals surface area contributed by atoms with Gasteiger partial charge in [0.05, 0.1) is 31.8 Å². The Morgan fingerprint density at radius 3 is 2.12 bits per heavy atom. The first kappa shape index (κ1) is 26.2. The molecule has 4 atom stereocenters. The van der Waals surface area contributed by atoms with Gasteiger partial charge >= 0.3 is 0 Å². The molecule has 1 unspecified atom stereocenters. The van der Waals surface area contributed by atoms with E-state index in [4.69, 9.17) is 19.9 Å². The summed E-state index contributed by atoms with van der Waals surface area (Å²) in [5, 5.41) is 16.8. The summed E-state index contributed by atoms with van der Waals surface area (Å²) >= 11 is 0. The highest BCUT2D eigenvalue weighted by Crippen LogP contribution is 2.46. The van der Waals surface area contributed by atoms with Crippen molar-refractivity contribution in [2.75, 3.05) is 12.3 Å². The number of hydrogen-bond acceptors (Lipinski definition) is 7. The van der Waals surface area contributed by atoms with Gasteiger partial charge in [0.1, 0.15) is 23.6 Å². The Morgan fingerprint density at radius 2 is 1.45 bits per heavy atom. The lowest BCUT2D eigenvalue weighted by molar-refractivity contribution is -0.230. The summed E-state index contributed by atoms with van der Waals surface area (Å²) in [6, 6.07) is 33.6. The van der Waals surface area contributed by atoms with Gasteiger partial charge in [-0.15, -0.1) is 0 Å². The summed E-state index contributed by atoms with van der Waals surface area (Å²) in [6.07, 6.45) is 0.863. The Balaban J connectivity index is 1.36. The highest BCUT2D eigenvalue weighted by Gasteiger charge is 2.57. The predicted octanol–water partition coefficient (Wildman–Crippen LogP) is 4.52. The molecule has 0 saturated carbocycles. The van der Waals surface area contributed by atoms with E-state index < -0.39 is 23.9 Å². The molecule has 3 N–H and O–H groups in total. The van der Waals surface area contributed by atoms with Gasteiger partial charge in [0.2, 0.25) is 5.79 Å². The van der Waals surface area contributed by atoms with Gasteiger partial charge in [0, 0.05) is 0 Å². The molecule has 1 fully saturated rings. The fourth-order valence-electron chi connectivity index (χ4n) is 5.45. The smallest absolute Gasteiger partial charge is 0.216 e. The van der Waals surface area contributed by atoms with Crippen LogP contribution in [0.25, 0.3) is 5.52 Å². The fourth-order valence-corrected chi connectivity index (χ4v) is 5.45. The van der Waals surface area contributed by atoms with E-state index in [-0.39, 0.29) is 6.61 Å². The van der Waals surface area contributed by atoms with Crippen molar-refractivity contribution in [2.45, 2.75) is 37.6 Å². The predicted molar refractivity (Wildman–Crippen MR) is 151 cm³/mol. The Labute approximate surface area is 233 Å². The van der Waals surface area contributed by atoms with Crippen molar-refractivity contribution in [3.63, 3.8) is 0 Å². The quantitative estimate of drug-likeness (QED) is 0.271. The number of nitrogens with zero attached hydrogens (tertiary/aromatic N) is 3. The summed E-state index contributed by atoms with van der Waals surface area (Å²) in [7, 11) is 0. The lowest BCUT2D eigenvalue weighted by atomic mass is 9.85. The maximum absolute atomic E-state index is 12.4. The van der Waals surface area contributed by atoms with E-state index in [1.807, 2.05) is 91.0 Å². The van der Waals surface area contributed by atoms with E-state index in [2.05, 4.69) is 10.1 Å². The molecule has 1 aliphatic rings. The van der Waals surface area contributed by atoms with Crippen molar-refractivity contribution in [1.82, 2.24) is 14.6 Å². The zero-order chi connectivity index (χ0) is 27.4. The Kier molecular flexibility index (Phi) is 7.57. The van der Waals surface area contributed by atoms with Crippen LogP contribution in [0.5, 0.6) is 0 Å². The second kappa shape index (κ2) is 11.6. The molecule has 0 radical (unpaired) electrons. The van der Waals surface area contributed by atoms with E-state index in [1.54, 1.807) is 16.6 Å². The average Bonchev–Trinajstić information content (AvgIpc) is 3.54. The standard InChI is InChI=1S/C32H32N4O4/c33-31-27-16-17-29(36(27)35-22-34-31)32(37)26(18-23-10-4-1-5-11-23)30(39-20-25-14-8-3-9-15-25)28(40-32)21-38-19-24-12-6-2-7-13-24/h1-17,22,26,28,30,37H,18-21H2,(H2,33,34,35)/t26-,28-,30+,32?/m1/s1. The van der Waals surface area contributed by atoms with Crippen molar-refractivity contribution in [3.05, 3.63) is 132 Å². The topological polar surface area (TPSA) is 104 Å². The van der Waals surface area contributed by atoms with Gasteiger partial charge in [-0.3, -0.25) is 0 Å². The molecule has 0 spiro atoms. The minimum absolute atomic E-state index is 0.238. The SMILES string of the molecule is Nc1ncnn2c(C3(O)O[C@H](COCc4ccccc4)[C@@H](OCc4ccccc4)[C@H]3Cc3ccccc3)ccc12. The summed E-state index contributed by atoms with van der Waals surface area (Å²) in [4.78, 5) is 4.10. The number of fused-ring (bicyclic) bond motifs is 1. The van der Waals surface area contributed by atoms with Crippen molar-refractivity contribution in [2.24, 2.45) is 5.92 Å². The van der Waals surface area contributed by atoms with Crippen LogP contribution in [0.1, 0.15) is 22.4 Å². The third-order valence-electron chi connectivity index (χ3n) is 7.42. The lowest BCUT2D eigenvalue weighted by Crippen LogP contribution is -2.39. The van der Waals surface area contributed by atoms with Gasteiger partial charge in [0.15, 0.2) is 5.82 Å². The monoisotopic (exact) mass is 536 g/mol. The number of benzene rings is 3. The van der Waals surface area contributed by atoms with Crippen molar-refractivity contribution in [1.29, 1.82) is 0 Å². The molecule has 1 aliphatic heterocycles. The summed E-state index contributed by atoms with van der Waals surface area (Å²) in [6.45, 7) is 1.03. The van der Waals surface area contributed by atoms with Gasteiger partial charge in [0.25, 0.3) is 0 Å². The zero-order valence-corrected chi connectivity index (χ0v) is 22.0. The van der Waals surface area contributed by atoms with Crippen molar-refractivity contribution >= 4 is 11.3 Å². The third-order valence-corrected chi connectivity index (χ3v) is 7.42. The van der Waals surface area contributed by atoms with Crippen LogP contribution >= 0.6 is 0 Å². The largest absolute Gasteiger partial charge is 0.382 e. The second-order valence-corrected chi connectivity index (χ2v) is 10.1. The normalized spacial score (nSPS) is 22.6. The molecule has 8 nitrogen and oxygen atoms in total. The molecule has 1 saturated heterocycles. The number of ether oxygens (including phenoxy) is 3. The molecule has 0 bridgehead atoms. The molecule has 6 rings (SSSR count).